The maximum absolute atomic E-state index is 9.59. The standard InChI is InChI=1S/C17H23N3O/c1-17(12-21)9-5-8-16(17)18-11-14-10-15(20-19-14)13-6-3-2-4-7-13/h2-4,6-7,10,16,18,21H,5,8-9,11-12H2,1H3,(H,19,20). The summed E-state index contributed by atoms with van der Waals surface area (Å²) in [7, 11) is 0. The van der Waals surface area contributed by atoms with Gasteiger partial charge in [-0.1, -0.05) is 43.7 Å². The fraction of sp³-hybridized carbons (Fsp3) is 0.471. The number of aromatic nitrogens is 2. The van der Waals surface area contributed by atoms with Gasteiger partial charge in [-0.05, 0) is 18.9 Å². The quantitative estimate of drug-likeness (QED) is 0.791. The van der Waals surface area contributed by atoms with Crippen molar-refractivity contribution < 1.29 is 5.11 Å². The van der Waals surface area contributed by atoms with Gasteiger partial charge in [0.15, 0.2) is 0 Å². The second kappa shape index (κ2) is 6.00. The molecule has 0 bridgehead atoms. The van der Waals surface area contributed by atoms with Gasteiger partial charge in [0.05, 0.1) is 5.69 Å². The fourth-order valence-electron chi connectivity index (χ4n) is 3.21. The SMILES string of the molecule is CC1(CO)CCCC1NCc1cc(-c2ccccc2)n[nH]1. The number of H-pyrrole nitrogens is 1. The van der Waals surface area contributed by atoms with E-state index in [2.05, 4.69) is 40.6 Å². The van der Waals surface area contributed by atoms with Gasteiger partial charge < -0.3 is 10.4 Å². The van der Waals surface area contributed by atoms with Crippen LogP contribution in [0.2, 0.25) is 0 Å². The topological polar surface area (TPSA) is 60.9 Å². The van der Waals surface area contributed by atoms with E-state index >= 15 is 0 Å². The fourth-order valence-corrected chi connectivity index (χ4v) is 3.21. The van der Waals surface area contributed by atoms with Gasteiger partial charge in [-0.15, -0.1) is 0 Å². The van der Waals surface area contributed by atoms with E-state index in [4.69, 9.17) is 0 Å². The first-order valence-corrected chi connectivity index (χ1v) is 7.65. The molecule has 1 heterocycles. The molecule has 3 N–H and O–H groups in total. The van der Waals surface area contributed by atoms with Crippen molar-refractivity contribution in [2.75, 3.05) is 6.61 Å². The van der Waals surface area contributed by atoms with Crippen LogP contribution in [-0.2, 0) is 6.54 Å². The summed E-state index contributed by atoms with van der Waals surface area (Å²) < 4.78 is 0. The number of rotatable bonds is 5. The molecule has 2 unspecified atom stereocenters. The molecule has 1 saturated carbocycles. The Balaban J connectivity index is 1.63. The molecule has 0 amide bonds. The van der Waals surface area contributed by atoms with Crippen LogP contribution < -0.4 is 5.32 Å². The Kier molecular flexibility index (Phi) is 4.08. The molecule has 4 heteroatoms. The van der Waals surface area contributed by atoms with Crippen molar-refractivity contribution in [1.29, 1.82) is 0 Å². The van der Waals surface area contributed by atoms with E-state index in [1.165, 1.54) is 6.42 Å². The number of aliphatic hydroxyl groups excluding tert-OH is 1. The van der Waals surface area contributed by atoms with Crippen LogP contribution >= 0.6 is 0 Å². The Morgan fingerprint density at radius 2 is 2.19 bits per heavy atom. The largest absolute Gasteiger partial charge is 0.396 e. The van der Waals surface area contributed by atoms with Gasteiger partial charge in [0, 0.05) is 35.9 Å². The molecule has 0 aliphatic heterocycles. The molecule has 2 atom stereocenters. The number of hydrogen-bond acceptors (Lipinski definition) is 3. The first-order chi connectivity index (χ1) is 10.2. The van der Waals surface area contributed by atoms with Gasteiger partial charge in [-0.2, -0.15) is 5.10 Å². The van der Waals surface area contributed by atoms with E-state index in [-0.39, 0.29) is 12.0 Å². The summed E-state index contributed by atoms with van der Waals surface area (Å²) in [6.45, 7) is 3.18. The molecular formula is C17H23N3O. The third-order valence-electron chi connectivity index (χ3n) is 4.68. The van der Waals surface area contributed by atoms with Crippen LogP contribution in [0.1, 0.15) is 31.9 Å². The second-order valence-corrected chi connectivity index (χ2v) is 6.28. The number of hydrogen-bond donors (Lipinski definition) is 3. The van der Waals surface area contributed by atoms with E-state index in [0.717, 1.165) is 36.3 Å². The summed E-state index contributed by atoms with van der Waals surface area (Å²) in [4.78, 5) is 0. The molecule has 112 valence electrons. The minimum Gasteiger partial charge on any atom is -0.396 e. The molecule has 21 heavy (non-hydrogen) atoms. The van der Waals surface area contributed by atoms with Crippen LogP contribution in [0.25, 0.3) is 11.3 Å². The zero-order valence-electron chi connectivity index (χ0n) is 12.5. The van der Waals surface area contributed by atoms with Crippen molar-refractivity contribution >= 4 is 0 Å². The van der Waals surface area contributed by atoms with Crippen molar-refractivity contribution in [2.24, 2.45) is 5.41 Å². The van der Waals surface area contributed by atoms with Crippen molar-refractivity contribution in [3.63, 3.8) is 0 Å². The first-order valence-electron chi connectivity index (χ1n) is 7.65. The molecular weight excluding hydrogens is 262 g/mol. The van der Waals surface area contributed by atoms with E-state index in [9.17, 15) is 5.11 Å². The van der Waals surface area contributed by atoms with Crippen LogP contribution in [0.5, 0.6) is 0 Å². The van der Waals surface area contributed by atoms with Crippen molar-refractivity contribution in [3.8, 4) is 11.3 Å². The van der Waals surface area contributed by atoms with Crippen LogP contribution in [-0.4, -0.2) is 28.0 Å². The third kappa shape index (κ3) is 3.01. The van der Waals surface area contributed by atoms with Crippen LogP contribution in [0.4, 0.5) is 0 Å². The highest BCUT2D eigenvalue weighted by molar-refractivity contribution is 5.58. The monoisotopic (exact) mass is 285 g/mol. The minimum absolute atomic E-state index is 0.0162. The van der Waals surface area contributed by atoms with E-state index in [0.29, 0.717) is 6.04 Å². The van der Waals surface area contributed by atoms with Gasteiger partial charge in [0.1, 0.15) is 0 Å². The number of aromatic amines is 1. The lowest BCUT2D eigenvalue weighted by molar-refractivity contribution is 0.118. The Hall–Kier alpha value is -1.65. The van der Waals surface area contributed by atoms with E-state index in [1.54, 1.807) is 0 Å². The molecule has 3 rings (SSSR count). The van der Waals surface area contributed by atoms with Gasteiger partial charge in [-0.3, -0.25) is 5.10 Å². The van der Waals surface area contributed by atoms with Crippen molar-refractivity contribution in [1.82, 2.24) is 15.5 Å². The first kappa shape index (κ1) is 14.3. The summed E-state index contributed by atoms with van der Waals surface area (Å²) in [5, 5.41) is 20.6. The average Bonchev–Trinajstić information content (AvgIpc) is 3.13. The summed E-state index contributed by atoms with van der Waals surface area (Å²) in [6, 6.07) is 12.6. The Morgan fingerprint density at radius 1 is 1.38 bits per heavy atom. The maximum Gasteiger partial charge on any atom is 0.0924 e. The lowest BCUT2D eigenvalue weighted by Gasteiger charge is -2.30. The number of benzene rings is 1. The number of aliphatic hydroxyl groups is 1. The molecule has 1 aromatic carbocycles. The number of nitrogens with one attached hydrogen (secondary N) is 2. The summed E-state index contributed by atoms with van der Waals surface area (Å²) in [6.07, 6.45) is 3.42. The minimum atomic E-state index is 0.0162. The van der Waals surface area contributed by atoms with Gasteiger partial charge in [0.25, 0.3) is 0 Å². The summed E-state index contributed by atoms with van der Waals surface area (Å²) in [5.41, 5.74) is 3.20. The van der Waals surface area contributed by atoms with Crippen molar-refractivity contribution in [3.05, 3.63) is 42.1 Å². The summed E-state index contributed by atoms with van der Waals surface area (Å²) >= 11 is 0. The zero-order valence-corrected chi connectivity index (χ0v) is 12.5. The molecule has 2 aromatic rings. The lowest BCUT2D eigenvalue weighted by Crippen LogP contribution is -2.41. The van der Waals surface area contributed by atoms with E-state index < -0.39 is 0 Å². The second-order valence-electron chi connectivity index (χ2n) is 6.28. The third-order valence-corrected chi connectivity index (χ3v) is 4.68. The normalized spacial score (nSPS) is 25.3. The molecule has 1 fully saturated rings. The Morgan fingerprint density at radius 3 is 2.95 bits per heavy atom. The molecule has 0 spiro atoms. The molecule has 1 aliphatic carbocycles. The average molecular weight is 285 g/mol. The van der Waals surface area contributed by atoms with Crippen LogP contribution in [0.3, 0.4) is 0 Å². The predicted octanol–water partition coefficient (Wildman–Crippen LogP) is 2.72. The van der Waals surface area contributed by atoms with Crippen LogP contribution in [0, 0.1) is 5.41 Å². The predicted molar refractivity (Wildman–Crippen MR) is 83.7 cm³/mol. The molecule has 4 nitrogen and oxygen atoms in total. The number of nitrogens with zero attached hydrogens (tertiary/aromatic N) is 1. The van der Waals surface area contributed by atoms with Gasteiger partial charge in [-0.25, -0.2) is 0 Å². The highest BCUT2D eigenvalue weighted by atomic mass is 16.3. The van der Waals surface area contributed by atoms with Gasteiger partial charge >= 0.3 is 0 Å². The Bertz CT molecular complexity index is 581. The van der Waals surface area contributed by atoms with E-state index in [1.807, 2.05) is 18.2 Å². The Labute approximate surface area is 125 Å². The van der Waals surface area contributed by atoms with Crippen LogP contribution in [0.15, 0.2) is 36.4 Å². The maximum atomic E-state index is 9.59. The molecule has 1 aromatic heterocycles. The summed E-state index contributed by atoms with van der Waals surface area (Å²) in [5.74, 6) is 0. The molecule has 1 aliphatic rings. The highest BCUT2D eigenvalue weighted by Crippen LogP contribution is 2.37. The lowest BCUT2D eigenvalue weighted by atomic mass is 9.86. The molecule has 0 radical (unpaired) electrons. The highest BCUT2D eigenvalue weighted by Gasteiger charge is 2.37. The van der Waals surface area contributed by atoms with Gasteiger partial charge in [0.2, 0.25) is 0 Å². The molecule has 0 saturated heterocycles. The zero-order chi connectivity index (χ0) is 14.7. The van der Waals surface area contributed by atoms with Crippen molar-refractivity contribution in [2.45, 2.75) is 38.8 Å². The smallest absolute Gasteiger partial charge is 0.0924 e.